The number of hydrogen-bond acceptors (Lipinski definition) is 3. The number of H-pyrrole nitrogens is 1. The van der Waals surface area contributed by atoms with Crippen LogP contribution in [0.1, 0.15) is 27.7 Å². The van der Waals surface area contributed by atoms with E-state index in [-0.39, 0.29) is 23.6 Å². The first-order valence-corrected chi connectivity index (χ1v) is 9.50. The van der Waals surface area contributed by atoms with Crippen LogP contribution in [-0.2, 0) is 0 Å². The van der Waals surface area contributed by atoms with Gasteiger partial charge in [0.1, 0.15) is 17.3 Å². The summed E-state index contributed by atoms with van der Waals surface area (Å²) in [7, 11) is 1.93. The van der Waals surface area contributed by atoms with E-state index in [0.717, 1.165) is 5.56 Å². The third kappa shape index (κ3) is 3.78. The summed E-state index contributed by atoms with van der Waals surface area (Å²) >= 11 is 0. The number of nitrogens with zero attached hydrogens (tertiary/aromatic N) is 3. The van der Waals surface area contributed by atoms with Crippen LogP contribution >= 0.6 is 0 Å². The predicted octanol–water partition coefficient (Wildman–Crippen LogP) is 3.79. The average Bonchev–Trinajstić information content (AvgIpc) is 3.21. The van der Waals surface area contributed by atoms with E-state index in [4.69, 9.17) is 0 Å². The smallest absolute Gasteiger partial charge is 0.271 e. The topological polar surface area (TPSA) is 52.2 Å². The molecule has 0 spiro atoms. The molecular weight excluding hydrogens is 374 g/mol. The summed E-state index contributed by atoms with van der Waals surface area (Å²) in [5.74, 6) is -0.733. The molecule has 29 heavy (non-hydrogen) atoms. The monoisotopic (exact) mass is 396 g/mol. The van der Waals surface area contributed by atoms with Crippen LogP contribution in [0.5, 0.6) is 0 Å². The largest absolute Gasteiger partial charge is 0.334 e. The van der Waals surface area contributed by atoms with Gasteiger partial charge in [-0.15, -0.1) is 0 Å². The number of hydrogen-bond donors (Lipinski definition) is 1. The van der Waals surface area contributed by atoms with Gasteiger partial charge in [-0.05, 0) is 49.9 Å². The SMILES string of the molecule is Cc1cc(-c2cc(C(=O)N3CCN(C)C(c4ccccc4F)C3)[nH]n2)ccc1F. The molecule has 7 heteroatoms. The lowest BCUT2D eigenvalue weighted by Crippen LogP contribution is -2.49. The highest BCUT2D eigenvalue weighted by Gasteiger charge is 2.31. The molecule has 1 N–H and O–H groups in total. The molecule has 150 valence electrons. The van der Waals surface area contributed by atoms with Crippen molar-refractivity contribution in [3.63, 3.8) is 0 Å². The second-order valence-corrected chi connectivity index (χ2v) is 7.40. The van der Waals surface area contributed by atoms with E-state index in [9.17, 15) is 13.6 Å². The number of aryl methyl sites for hydroxylation is 1. The zero-order valence-electron chi connectivity index (χ0n) is 16.3. The lowest BCUT2D eigenvalue weighted by atomic mass is 10.0. The molecule has 1 unspecified atom stereocenters. The predicted molar refractivity (Wildman–Crippen MR) is 106 cm³/mol. The summed E-state index contributed by atoms with van der Waals surface area (Å²) in [6.07, 6.45) is 0. The van der Waals surface area contributed by atoms with Crippen molar-refractivity contribution in [3.8, 4) is 11.3 Å². The molecule has 1 saturated heterocycles. The molecule has 0 aliphatic carbocycles. The lowest BCUT2D eigenvalue weighted by Gasteiger charge is -2.39. The number of carbonyl (C=O) groups is 1. The van der Waals surface area contributed by atoms with Gasteiger partial charge in [0.05, 0.1) is 11.7 Å². The van der Waals surface area contributed by atoms with Crippen LogP contribution in [-0.4, -0.2) is 52.6 Å². The maximum absolute atomic E-state index is 14.3. The van der Waals surface area contributed by atoms with Crippen molar-refractivity contribution in [2.45, 2.75) is 13.0 Å². The zero-order valence-corrected chi connectivity index (χ0v) is 16.3. The molecule has 0 radical (unpaired) electrons. The van der Waals surface area contributed by atoms with Crippen LogP contribution in [0.2, 0.25) is 0 Å². The number of piperazine rings is 1. The van der Waals surface area contributed by atoms with Crippen LogP contribution in [0.25, 0.3) is 11.3 Å². The molecule has 1 fully saturated rings. The minimum atomic E-state index is -0.280. The van der Waals surface area contributed by atoms with Gasteiger partial charge in [0.15, 0.2) is 0 Å². The highest BCUT2D eigenvalue weighted by Crippen LogP contribution is 2.27. The molecule has 1 amide bonds. The van der Waals surface area contributed by atoms with Crippen LogP contribution in [0, 0.1) is 18.6 Å². The van der Waals surface area contributed by atoms with E-state index >= 15 is 0 Å². The Labute approximate surface area is 168 Å². The summed E-state index contributed by atoms with van der Waals surface area (Å²) in [5.41, 5.74) is 2.78. The molecule has 0 saturated carbocycles. The first kappa shape index (κ1) is 19.3. The standard InChI is InChI=1S/C22H22F2N4O/c1-14-11-15(7-8-17(14)23)19-12-20(26-25-19)22(29)28-10-9-27(2)21(13-28)16-5-3-4-6-18(16)24/h3-8,11-12,21H,9-10,13H2,1-2H3,(H,25,26). The van der Waals surface area contributed by atoms with E-state index in [1.807, 2.05) is 7.05 Å². The first-order valence-electron chi connectivity index (χ1n) is 9.50. The lowest BCUT2D eigenvalue weighted by molar-refractivity contribution is 0.0535. The Balaban J connectivity index is 1.54. The number of rotatable bonds is 3. The Hall–Kier alpha value is -3.06. The minimum Gasteiger partial charge on any atom is -0.334 e. The molecule has 5 nitrogen and oxygen atoms in total. The average molecular weight is 396 g/mol. The Morgan fingerprint density at radius 1 is 1.10 bits per heavy atom. The number of aromatic amines is 1. The van der Waals surface area contributed by atoms with Gasteiger partial charge in [0, 0.05) is 30.8 Å². The summed E-state index contributed by atoms with van der Waals surface area (Å²) in [6.45, 7) is 3.26. The number of benzene rings is 2. The molecule has 3 aromatic rings. The Bertz CT molecular complexity index is 1050. The third-order valence-electron chi connectivity index (χ3n) is 5.46. The molecule has 0 bridgehead atoms. The van der Waals surface area contributed by atoms with Gasteiger partial charge < -0.3 is 4.90 Å². The Morgan fingerprint density at radius 3 is 2.66 bits per heavy atom. The fourth-order valence-electron chi connectivity index (χ4n) is 3.69. The van der Waals surface area contributed by atoms with Crippen LogP contribution in [0.3, 0.4) is 0 Å². The van der Waals surface area contributed by atoms with Gasteiger partial charge in [-0.1, -0.05) is 18.2 Å². The molecule has 1 aromatic heterocycles. The molecule has 2 aromatic carbocycles. The molecular formula is C22H22F2N4O. The zero-order chi connectivity index (χ0) is 20.5. The van der Waals surface area contributed by atoms with Crippen LogP contribution in [0.15, 0.2) is 48.5 Å². The van der Waals surface area contributed by atoms with E-state index in [1.54, 1.807) is 48.2 Å². The Kier molecular flexibility index (Phi) is 5.15. The van der Waals surface area contributed by atoms with Crippen molar-refractivity contribution in [2.75, 3.05) is 26.7 Å². The van der Waals surface area contributed by atoms with Crippen molar-refractivity contribution in [1.82, 2.24) is 20.0 Å². The quantitative estimate of drug-likeness (QED) is 0.733. The summed E-state index contributed by atoms with van der Waals surface area (Å²) < 4.78 is 27.8. The van der Waals surface area contributed by atoms with E-state index in [0.29, 0.717) is 42.1 Å². The molecule has 2 heterocycles. The van der Waals surface area contributed by atoms with Gasteiger partial charge >= 0.3 is 0 Å². The van der Waals surface area contributed by atoms with Gasteiger partial charge in [0.2, 0.25) is 0 Å². The fraction of sp³-hybridized carbons (Fsp3) is 0.273. The maximum Gasteiger partial charge on any atom is 0.271 e. The van der Waals surface area contributed by atoms with Gasteiger partial charge in [0.25, 0.3) is 5.91 Å². The molecule has 1 aliphatic rings. The van der Waals surface area contributed by atoms with E-state index in [2.05, 4.69) is 15.1 Å². The van der Waals surface area contributed by atoms with Crippen molar-refractivity contribution >= 4 is 5.91 Å². The summed E-state index contributed by atoms with van der Waals surface area (Å²) in [4.78, 5) is 16.8. The summed E-state index contributed by atoms with van der Waals surface area (Å²) in [5, 5.41) is 7.00. The minimum absolute atomic E-state index is 0.183. The number of carbonyl (C=O) groups excluding carboxylic acids is 1. The highest BCUT2D eigenvalue weighted by atomic mass is 19.1. The number of nitrogens with one attached hydrogen (secondary N) is 1. The maximum atomic E-state index is 14.3. The molecule has 1 aliphatic heterocycles. The van der Waals surface area contributed by atoms with Crippen LogP contribution < -0.4 is 0 Å². The van der Waals surface area contributed by atoms with Crippen LogP contribution in [0.4, 0.5) is 8.78 Å². The van der Waals surface area contributed by atoms with Gasteiger partial charge in [-0.25, -0.2) is 8.78 Å². The van der Waals surface area contributed by atoms with Gasteiger partial charge in [-0.2, -0.15) is 5.10 Å². The van der Waals surface area contributed by atoms with Crippen molar-refractivity contribution in [3.05, 3.63) is 77.0 Å². The normalized spacial score (nSPS) is 17.5. The Morgan fingerprint density at radius 2 is 1.90 bits per heavy atom. The number of amides is 1. The van der Waals surface area contributed by atoms with Crippen molar-refractivity contribution in [2.24, 2.45) is 0 Å². The first-order chi connectivity index (χ1) is 13.9. The molecule has 1 atom stereocenters. The summed E-state index contributed by atoms with van der Waals surface area (Å²) in [6, 6.07) is 12.8. The van der Waals surface area contributed by atoms with Crippen molar-refractivity contribution < 1.29 is 13.6 Å². The molecule has 4 rings (SSSR count). The number of likely N-dealkylation sites (N-methyl/N-ethyl adjacent to an activating group) is 1. The second-order valence-electron chi connectivity index (χ2n) is 7.40. The third-order valence-corrected chi connectivity index (χ3v) is 5.46. The number of halogens is 2. The second kappa shape index (κ2) is 7.75. The van der Waals surface area contributed by atoms with Crippen molar-refractivity contribution in [1.29, 1.82) is 0 Å². The fourth-order valence-corrected chi connectivity index (χ4v) is 3.69. The van der Waals surface area contributed by atoms with E-state index < -0.39 is 0 Å². The number of aromatic nitrogens is 2. The highest BCUT2D eigenvalue weighted by molar-refractivity contribution is 5.93. The van der Waals surface area contributed by atoms with E-state index in [1.165, 1.54) is 12.1 Å². The van der Waals surface area contributed by atoms with Gasteiger partial charge in [-0.3, -0.25) is 14.8 Å².